The van der Waals surface area contributed by atoms with Crippen molar-refractivity contribution in [2.75, 3.05) is 19.0 Å². The largest absolute Gasteiger partial charge is 0.395 e. The maximum Gasteiger partial charge on any atom is 0.395 e. The van der Waals surface area contributed by atoms with E-state index in [1.165, 1.54) is 19.1 Å². The minimum Gasteiger partial charge on any atom is -0.378 e. The molecule has 0 amide bonds. The van der Waals surface area contributed by atoms with Gasteiger partial charge < -0.3 is 4.90 Å². The summed E-state index contributed by atoms with van der Waals surface area (Å²) in [5.41, 5.74) is 1.20. The summed E-state index contributed by atoms with van der Waals surface area (Å²) in [6.07, 6.45) is -4.17. The Hall–Kier alpha value is -1.19. The maximum atomic E-state index is 12.4. The molecule has 4 heteroatoms. The first-order chi connectivity index (χ1) is 6.82. The van der Waals surface area contributed by atoms with Crippen molar-refractivity contribution < 1.29 is 13.2 Å². The minimum atomic E-state index is -4.17. The van der Waals surface area contributed by atoms with Crippen molar-refractivity contribution in [1.82, 2.24) is 0 Å². The van der Waals surface area contributed by atoms with Crippen LogP contribution in [0.25, 0.3) is 0 Å². The van der Waals surface area contributed by atoms with Gasteiger partial charge in [0, 0.05) is 19.8 Å². The van der Waals surface area contributed by atoms with Crippen molar-refractivity contribution in [3.63, 3.8) is 0 Å². The molecular weight excluding hydrogens is 203 g/mol. The number of halogens is 3. The van der Waals surface area contributed by atoms with Crippen molar-refractivity contribution in [2.24, 2.45) is 0 Å². The predicted octanol–water partition coefficient (Wildman–Crippen LogP) is 3.42. The smallest absolute Gasteiger partial charge is 0.378 e. The Morgan fingerprint density at radius 1 is 1.07 bits per heavy atom. The van der Waals surface area contributed by atoms with Crippen LogP contribution < -0.4 is 4.90 Å². The Morgan fingerprint density at radius 3 is 1.87 bits per heavy atom. The van der Waals surface area contributed by atoms with Crippen LogP contribution in [-0.4, -0.2) is 20.3 Å². The third-order valence-electron chi connectivity index (χ3n) is 2.40. The van der Waals surface area contributed by atoms with Crippen LogP contribution in [0.2, 0.25) is 0 Å². The quantitative estimate of drug-likeness (QED) is 0.733. The van der Waals surface area contributed by atoms with Gasteiger partial charge in [0.1, 0.15) is 0 Å². The molecule has 1 rings (SSSR count). The van der Waals surface area contributed by atoms with Gasteiger partial charge in [0.25, 0.3) is 0 Å². The number of hydrogen-bond acceptors (Lipinski definition) is 1. The highest BCUT2D eigenvalue weighted by Crippen LogP contribution is 2.34. The summed E-state index contributed by atoms with van der Waals surface area (Å²) in [5.74, 6) is -1.41. The molecule has 0 spiro atoms. The van der Waals surface area contributed by atoms with E-state index in [9.17, 15) is 13.2 Å². The lowest BCUT2D eigenvalue weighted by Crippen LogP contribution is -2.17. The first-order valence-electron chi connectivity index (χ1n) is 4.66. The van der Waals surface area contributed by atoms with Crippen molar-refractivity contribution in [1.29, 1.82) is 0 Å². The highest BCUT2D eigenvalue weighted by atomic mass is 19.4. The molecule has 0 aliphatic heterocycles. The van der Waals surface area contributed by atoms with E-state index in [1.807, 2.05) is 19.0 Å². The molecule has 1 aromatic rings. The summed E-state index contributed by atoms with van der Waals surface area (Å²) in [4.78, 5) is 1.85. The second-order valence-corrected chi connectivity index (χ2v) is 3.75. The Bertz CT molecular complexity index is 314. The van der Waals surface area contributed by atoms with E-state index in [4.69, 9.17) is 0 Å². The Kier molecular flexibility index (Phi) is 3.27. The lowest BCUT2D eigenvalue weighted by atomic mass is 10.0. The number of alkyl halides is 3. The number of anilines is 1. The second kappa shape index (κ2) is 4.13. The zero-order valence-electron chi connectivity index (χ0n) is 8.97. The number of nitrogens with zero attached hydrogens (tertiary/aromatic N) is 1. The molecule has 0 fully saturated rings. The van der Waals surface area contributed by atoms with E-state index in [-0.39, 0.29) is 0 Å². The van der Waals surface area contributed by atoms with Crippen molar-refractivity contribution >= 4 is 5.69 Å². The number of benzene rings is 1. The third-order valence-corrected chi connectivity index (χ3v) is 2.40. The van der Waals surface area contributed by atoms with Gasteiger partial charge in [-0.1, -0.05) is 12.1 Å². The van der Waals surface area contributed by atoms with E-state index in [1.54, 1.807) is 12.1 Å². The van der Waals surface area contributed by atoms with Crippen LogP contribution in [0.4, 0.5) is 18.9 Å². The first-order valence-corrected chi connectivity index (χ1v) is 4.66. The standard InChI is InChI=1S/C11H14F3N/c1-8(11(12,13)14)9-4-6-10(7-5-9)15(2)3/h4-8H,1-3H3. The van der Waals surface area contributed by atoms with Crippen molar-refractivity contribution in [2.45, 2.75) is 19.0 Å². The number of hydrogen-bond donors (Lipinski definition) is 0. The highest BCUT2D eigenvalue weighted by Gasteiger charge is 2.36. The molecule has 0 heterocycles. The molecule has 0 radical (unpaired) electrons. The van der Waals surface area contributed by atoms with Gasteiger partial charge in [-0.15, -0.1) is 0 Å². The molecule has 0 bridgehead atoms. The van der Waals surface area contributed by atoms with Gasteiger partial charge in [-0.25, -0.2) is 0 Å². The Morgan fingerprint density at radius 2 is 1.53 bits per heavy atom. The Labute approximate surface area is 87.5 Å². The summed E-state index contributed by atoms with van der Waals surface area (Å²) in [6, 6.07) is 6.43. The molecule has 0 aliphatic rings. The molecule has 1 atom stereocenters. The first kappa shape index (κ1) is 11.9. The SMILES string of the molecule is CC(c1ccc(N(C)C)cc1)C(F)(F)F. The molecule has 1 nitrogen and oxygen atoms in total. The number of rotatable bonds is 2. The van der Waals surface area contributed by atoms with E-state index in [2.05, 4.69) is 0 Å². The average Bonchev–Trinajstić information content (AvgIpc) is 2.15. The van der Waals surface area contributed by atoms with Gasteiger partial charge in [-0.2, -0.15) is 13.2 Å². The molecule has 0 aliphatic carbocycles. The van der Waals surface area contributed by atoms with Gasteiger partial charge in [-0.3, -0.25) is 0 Å². The average molecular weight is 217 g/mol. The van der Waals surface area contributed by atoms with Crippen LogP contribution in [0, 0.1) is 0 Å². The van der Waals surface area contributed by atoms with Crippen molar-refractivity contribution in [3.8, 4) is 0 Å². The monoisotopic (exact) mass is 217 g/mol. The van der Waals surface area contributed by atoms with Crippen LogP contribution in [0.1, 0.15) is 18.4 Å². The van der Waals surface area contributed by atoms with Crippen LogP contribution in [0.15, 0.2) is 24.3 Å². The maximum absolute atomic E-state index is 12.4. The van der Waals surface area contributed by atoms with Gasteiger partial charge in [0.15, 0.2) is 0 Å². The van der Waals surface area contributed by atoms with Gasteiger partial charge in [-0.05, 0) is 24.6 Å². The fourth-order valence-corrected chi connectivity index (χ4v) is 1.25. The summed E-state index contributed by atoms with van der Waals surface area (Å²) in [7, 11) is 3.70. The van der Waals surface area contributed by atoms with Crippen LogP contribution >= 0.6 is 0 Å². The molecule has 0 N–H and O–H groups in total. The van der Waals surface area contributed by atoms with Crippen LogP contribution in [0.5, 0.6) is 0 Å². The molecule has 0 saturated heterocycles. The third kappa shape index (κ3) is 2.88. The van der Waals surface area contributed by atoms with E-state index in [0.717, 1.165) is 5.69 Å². The minimum absolute atomic E-state index is 0.299. The second-order valence-electron chi connectivity index (χ2n) is 3.75. The molecule has 1 unspecified atom stereocenters. The lowest BCUT2D eigenvalue weighted by Gasteiger charge is -2.17. The molecule has 15 heavy (non-hydrogen) atoms. The molecule has 1 aromatic carbocycles. The van der Waals surface area contributed by atoms with Gasteiger partial charge >= 0.3 is 6.18 Å². The summed E-state index contributed by atoms with van der Waals surface area (Å²) < 4.78 is 37.2. The molecular formula is C11H14F3N. The molecule has 84 valence electrons. The zero-order chi connectivity index (χ0) is 11.6. The lowest BCUT2D eigenvalue weighted by molar-refractivity contribution is -0.146. The van der Waals surface area contributed by atoms with Gasteiger partial charge in [0.2, 0.25) is 0 Å². The predicted molar refractivity (Wildman–Crippen MR) is 55.2 cm³/mol. The van der Waals surface area contributed by atoms with Crippen LogP contribution in [-0.2, 0) is 0 Å². The fourth-order valence-electron chi connectivity index (χ4n) is 1.25. The topological polar surface area (TPSA) is 3.24 Å². The molecule has 0 aromatic heterocycles. The normalized spacial score (nSPS) is 13.7. The summed E-state index contributed by atoms with van der Waals surface area (Å²) in [6.45, 7) is 1.17. The van der Waals surface area contributed by atoms with E-state index in [0.29, 0.717) is 5.56 Å². The van der Waals surface area contributed by atoms with Gasteiger partial charge in [0.05, 0.1) is 5.92 Å². The highest BCUT2D eigenvalue weighted by molar-refractivity contribution is 5.46. The fraction of sp³-hybridized carbons (Fsp3) is 0.455. The van der Waals surface area contributed by atoms with Crippen molar-refractivity contribution in [3.05, 3.63) is 29.8 Å². The van der Waals surface area contributed by atoms with E-state index >= 15 is 0 Å². The zero-order valence-corrected chi connectivity index (χ0v) is 8.97. The van der Waals surface area contributed by atoms with Crippen LogP contribution in [0.3, 0.4) is 0 Å². The Balaban J connectivity index is 2.89. The summed E-state index contributed by atoms with van der Waals surface area (Å²) >= 11 is 0. The summed E-state index contributed by atoms with van der Waals surface area (Å²) in [5, 5.41) is 0. The molecule has 0 saturated carbocycles. The van der Waals surface area contributed by atoms with E-state index < -0.39 is 12.1 Å².